The lowest BCUT2D eigenvalue weighted by Crippen LogP contribution is -2.14. The van der Waals surface area contributed by atoms with Crippen LogP contribution in [0, 0.1) is 0 Å². The molecule has 1 aromatic heterocycles. The number of rotatable bonds is 4. The summed E-state index contributed by atoms with van der Waals surface area (Å²) >= 11 is 7.39. The number of ketones is 1. The minimum absolute atomic E-state index is 0.0358. The van der Waals surface area contributed by atoms with Crippen LogP contribution in [-0.4, -0.2) is 27.6 Å². The van der Waals surface area contributed by atoms with Crippen molar-refractivity contribution < 1.29 is 4.79 Å². The second-order valence-electron chi connectivity index (χ2n) is 3.24. The standard InChI is InChI=1S/C9H13ClN2OS/c1-6(2)12-9(7(10)4-11-12)8(13)5-14-3/h4,6H,5H2,1-3H3. The van der Waals surface area contributed by atoms with Gasteiger partial charge in [-0.15, -0.1) is 0 Å². The molecule has 0 bridgehead atoms. The van der Waals surface area contributed by atoms with Gasteiger partial charge in [-0.25, -0.2) is 0 Å². The van der Waals surface area contributed by atoms with Crippen LogP contribution in [0.3, 0.4) is 0 Å². The average molecular weight is 233 g/mol. The van der Waals surface area contributed by atoms with Crippen molar-refractivity contribution >= 4 is 29.1 Å². The fraction of sp³-hybridized carbons (Fsp3) is 0.556. The highest BCUT2D eigenvalue weighted by Gasteiger charge is 2.18. The van der Waals surface area contributed by atoms with Crippen LogP contribution in [0.15, 0.2) is 6.20 Å². The van der Waals surface area contributed by atoms with E-state index in [2.05, 4.69) is 5.10 Å². The van der Waals surface area contributed by atoms with Gasteiger partial charge in [0.05, 0.1) is 17.0 Å². The second-order valence-corrected chi connectivity index (χ2v) is 4.51. The van der Waals surface area contributed by atoms with Gasteiger partial charge in [0.25, 0.3) is 0 Å². The predicted molar refractivity (Wildman–Crippen MR) is 60.3 cm³/mol. The molecule has 0 unspecified atom stereocenters. The third-order valence-corrected chi connectivity index (χ3v) is 2.61. The molecule has 1 heterocycles. The van der Waals surface area contributed by atoms with Crippen LogP contribution in [0.2, 0.25) is 5.02 Å². The van der Waals surface area contributed by atoms with Gasteiger partial charge in [0.2, 0.25) is 0 Å². The number of hydrogen-bond donors (Lipinski definition) is 0. The van der Waals surface area contributed by atoms with Crippen molar-refractivity contribution in [2.75, 3.05) is 12.0 Å². The molecule has 14 heavy (non-hydrogen) atoms. The molecule has 0 amide bonds. The van der Waals surface area contributed by atoms with Gasteiger partial charge in [-0.3, -0.25) is 9.48 Å². The highest BCUT2D eigenvalue weighted by Crippen LogP contribution is 2.20. The SMILES string of the molecule is CSCC(=O)c1c(Cl)cnn1C(C)C. The first-order valence-corrected chi connectivity index (χ1v) is 6.10. The van der Waals surface area contributed by atoms with E-state index in [9.17, 15) is 4.79 Å². The molecule has 5 heteroatoms. The maximum absolute atomic E-state index is 11.7. The minimum Gasteiger partial charge on any atom is -0.291 e. The van der Waals surface area contributed by atoms with Gasteiger partial charge in [-0.05, 0) is 20.1 Å². The quantitative estimate of drug-likeness (QED) is 0.749. The molecule has 0 saturated heterocycles. The van der Waals surface area contributed by atoms with E-state index in [1.165, 1.54) is 18.0 Å². The Morgan fingerprint density at radius 1 is 1.71 bits per heavy atom. The van der Waals surface area contributed by atoms with E-state index in [0.29, 0.717) is 16.5 Å². The topological polar surface area (TPSA) is 34.9 Å². The molecule has 0 aliphatic rings. The zero-order valence-electron chi connectivity index (χ0n) is 8.45. The summed E-state index contributed by atoms with van der Waals surface area (Å²) in [4.78, 5) is 11.7. The van der Waals surface area contributed by atoms with E-state index in [0.717, 1.165) is 0 Å². The average Bonchev–Trinajstić information content (AvgIpc) is 2.47. The summed E-state index contributed by atoms with van der Waals surface area (Å²) in [6.07, 6.45) is 3.41. The largest absolute Gasteiger partial charge is 0.291 e. The van der Waals surface area contributed by atoms with Gasteiger partial charge >= 0.3 is 0 Å². The smallest absolute Gasteiger partial charge is 0.192 e. The van der Waals surface area contributed by atoms with Crippen molar-refractivity contribution in [2.45, 2.75) is 19.9 Å². The summed E-state index contributed by atoms with van der Waals surface area (Å²) in [6, 6.07) is 0.156. The van der Waals surface area contributed by atoms with E-state index in [1.807, 2.05) is 20.1 Å². The molecule has 1 rings (SSSR count). The Morgan fingerprint density at radius 2 is 2.36 bits per heavy atom. The Kier molecular flexibility index (Phi) is 4.01. The summed E-state index contributed by atoms with van der Waals surface area (Å²) in [6.45, 7) is 3.94. The summed E-state index contributed by atoms with van der Waals surface area (Å²) < 4.78 is 1.67. The molecule has 78 valence electrons. The van der Waals surface area contributed by atoms with Gasteiger partial charge < -0.3 is 0 Å². The number of nitrogens with zero attached hydrogens (tertiary/aromatic N) is 2. The van der Waals surface area contributed by atoms with Crippen molar-refractivity contribution in [1.29, 1.82) is 0 Å². The molecule has 0 atom stereocenters. The Balaban J connectivity index is 3.04. The Hall–Kier alpha value is -0.480. The maximum Gasteiger partial charge on any atom is 0.192 e. The number of carbonyl (C=O) groups is 1. The van der Waals surface area contributed by atoms with Crippen molar-refractivity contribution in [3.05, 3.63) is 16.9 Å². The molecule has 0 aliphatic carbocycles. The summed E-state index contributed by atoms with van der Waals surface area (Å²) in [5.41, 5.74) is 0.524. The second kappa shape index (κ2) is 4.84. The number of aromatic nitrogens is 2. The van der Waals surface area contributed by atoms with Crippen molar-refractivity contribution in [1.82, 2.24) is 9.78 Å². The van der Waals surface area contributed by atoms with Crippen LogP contribution >= 0.6 is 23.4 Å². The minimum atomic E-state index is 0.0358. The molecule has 0 fully saturated rings. The van der Waals surface area contributed by atoms with Gasteiger partial charge in [-0.2, -0.15) is 16.9 Å². The zero-order valence-corrected chi connectivity index (χ0v) is 10.0. The van der Waals surface area contributed by atoms with Crippen molar-refractivity contribution in [3.63, 3.8) is 0 Å². The number of halogens is 1. The number of carbonyl (C=O) groups excluding carboxylic acids is 1. The Bertz CT molecular complexity index is 336. The van der Waals surface area contributed by atoms with E-state index in [-0.39, 0.29) is 11.8 Å². The molecule has 1 aromatic rings. The lowest BCUT2D eigenvalue weighted by molar-refractivity contribution is 0.101. The Labute approximate surface area is 92.8 Å². The van der Waals surface area contributed by atoms with Gasteiger partial charge in [0, 0.05) is 6.04 Å². The molecule has 0 spiro atoms. The van der Waals surface area contributed by atoms with Crippen LogP contribution in [-0.2, 0) is 0 Å². The highest BCUT2D eigenvalue weighted by atomic mass is 35.5. The molecule has 0 N–H and O–H groups in total. The van der Waals surface area contributed by atoms with Crippen LogP contribution in [0.25, 0.3) is 0 Å². The van der Waals surface area contributed by atoms with Gasteiger partial charge in [-0.1, -0.05) is 11.6 Å². The van der Waals surface area contributed by atoms with Gasteiger partial charge in [0.15, 0.2) is 5.78 Å². The fourth-order valence-electron chi connectivity index (χ4n) is 1.19. The molecular formula is C9H13ClN2OS. The summed E-state index contributed by atoms with van der Waals surface area (Å²) in [7, 11) is 0. The first-order chi connectivity index (χ1) is 6.57. The Morgan fingerprint density at radius 3 is 2.86 bits per heavy atom. The summed E-state index contributed by atoms with van der Waals surface area (Å²) in [5, 5.41) is 4.52. The molecule has 0 radical (unpaired) electrons. The maximum atomic E-state index is 11.7. The monoisotopic (exact) mass is 232 g/mol. The lowest BCUT2D eigenvalue weighted by atomic mass is 10.3. The molecule has 0 aromatic carbocycles. The first-order valence-electron chi connectivity index (χ1n) is 4.33. The first kappa shape index (κ1) is 11.6. The number of Topliss-reactive ketones (excluding diaryl/α,β-unsaturated/α-hetero) is 1. The van der Waals surface area contributed by atoms with E-state index in [1.54, 1.807) is 4.68 Å². The van der Waals surface area contributed by atoms with E-state index < -0.39 is 0 Å². The normalized spacial score (nSPS) is 10.9. The molecule has 0 aliphatic heterocycles. The van der Waals surface area contributed by atoms with Crippen LogP contribution in [0.4, 0.5) is 0 Å². The molecular weight excluding hydrogens is 220 g/mol. The number of hydrogen-bond acceptors (Lipinski definition) is 3. The fourth-order valence-corrected chi connectivity index (χ4v) is 1.83. The van der Waals surface area contributed by atoms with Crippen molar-refractivity contribution in [2.24, 2.45) is 0 Å². The predicted octanol–water partition coefficient (Wildman–Crippen LogP) is 2.66. The van der Waals surface area contributed by atoms with E-state index >= 15 is 0 Å². The molecule has 0 saturated carbocycles. The third kappa shape index (κ3) is 2.30. The van der Waals surface area contributed by atoms with Crippen molar-refractivity contribution in [3.8, 4) is 0 Å². The third-order valence-electron chi connectivity index (χ3n) is 1.78. The van der Waals surface area contributed by atoms with Crippen LogP contribution < -0.4 is 0 Å². The van der Waals surface area contributed by atoms with Gasteiger partial charge in [0.1, 0.15) is 5.69 Å². The highest BCUT2D eigenvalue weighted by molar-refractivity contribution is 7.99. The van der Waals surface area contributed by atoms with E-state index in [4.69, 9.17) is 11.6 Å². The lowest BCUT2D eigenvalue weighted by Gasteiger charge is -2.09. The molecule has 3 nitrogen and oxygen atoms in total. The summed E-state index contributed by atoms with van der Waals surface area (Å²) in [5.74, 6) is 0.478. The van der Waals surface area contributed by atoms with Crippen LogP contribution in [0.1, 0.15) is 30.4 Å². The number of thioether (sulfide) groups is 1. The van der Waals surface area contributed by atoms with Crippen LogP contribution in [0.5, 0.6) is 0 Å². The zero-order chi connectivity index (χ0) is 10.7.